The SMILES string of the molecule is CN1CCN(CC2CCCN(c3nnc(C(N)=O)c(Nc4ccc(N5CCN(CC6CCN(c7ccc8c(C9CCC(=O)NC9=O)nn(C)c8c7)C6)CC5)c(F)c4)n3)C2)C1=O. The monoisotopic (exact) mass is 836 g/mol. The van der Waals surface area contributed by atoms with E-state index < -0.39 is 11.8 Å². The van der Waals surface area contributed by atoms with Crippen LogP contribution in [0.5, 0.6) is 0 Å². The van der Waals surface area contributed by atoms with E-state index in [0.29, 0.717) is 75.4 Å². The van der Waals surface area contributed by atoms with Crippen molar-refractivity contribution < 1.29 is 23.6 Å². The number of anilines is 5. The first-order chi connectivity index (χ1) is 29.5. The smallest absolute Gasteiger partial charge is 0.319 e. The third-order valence-corrected chi connectivity index (χ3v) is 13.0. The zero-order valence-corrected chi connectivity index (χ0v) is 34.7. The Hall–Kier alpha value is -6.11. The van der Waals surface area contributed by atoms with Crippen LogP contribution in [0.2, 0.25) is 0 Å². The van der Waals surface area contributed by atoms with E-state index in [1.54, 1.807) is 17.0 Å². The highest BCUT2D eigenvalue weighted by Gasteiger charge is 2.34. The number of nitrogens with two attached hydrogens (primary N) is 1. The molecular formula is C42H53FN14O4. The van der Waals surface area contributed by atoms with Crippen molar-refractivity contribution in [3.05, 3.63) is 53.6 Å². The van der Waals surface area contributed by atoms with E-state index in [-0.39, 0.29) is 41.1 Å². The molecule has 322 valence electrons. The molecule has 0 aliphatic carbocycles. The molecule has 19 heteroatoms. The fourth-order valence-electron chi connectivity index (χ4n) is 9.70. The number of carbonyl (C=O) groups is 4. The largest absolute Gasteiger partial charge is 0.371 e. The normalized spacial score (nSPS) is 22.8. The van der Waals surface area contributed by atoms with Gasteiger partial charge in [-0.25, -0.2) is 9.18 Å². The zero-order valence-electron chi connectivity index (χ0n) is 34.7. The molecule has 0 radical (unpaired) electrons. The quantitative estimate of drug-likeness (QED) is 0.187. The van der Waals surface area contributed by atoms with Gasteiger partial charge in [-0.05, 0) is 73.9 Å². The summed E-state index contributed by atoms with van der Waals surface area (Å²) in [6.07, 6.45) is 3.74. The molecule has 3 unspecified atom stereocenters. The van der Waals surface area contributed by atoms with Crippen molar-refractivity contribution in [3.8, 4) is 0 Å². The maximum absolute atomic E-state index is 15.8. The van der Waals surface area contributed by atoms with Crippen molar-refractivity contribution in [1.29, 1.82) is 0 Å². The van der Waals surface area contributed by atoms with Crippen molar-refractivity contribution in [2.24, 2.45) is 24.6 Å². The highest BCUT2D eigenvalue weighted by molar-refractivity contribution is 6.02. The molecule has 9 rings (SSSR count). The average molecular weight is 837 g/mol. The highest BCUT2D eigenvalue weighted by atomic mass is 19.1. The van der Waals surface area contributed by atoms with Gasteiger partial charge in [-0.15, -0.1) is 10.2 Å². The number of piperazine rings is 1. The number of aromatic nitrogens is 5. The number of hydrogen-bond acceptors (Lipinski definition) is 13. The van der Waals surface area contributed by atoms with Gasteiger partial charge in [0, 0.05) is 116 Å². The first-order valence-electron chi connectivity index (χ1n) is 21.4. The second kappa shape index (κ2) is 16.7. The van der Waals surface area contributed by atoms with Crippen LogP contribution in [0, 0.1) is 17.7 Å². The molecule has 5 aliphatic heterocycles. The van der Waals surface area contributed by atoms with Gasteiger partial charge in [0.05, 0.1) is 22.8 Å². The second-order valence-electron chi connectivity index (χ2n) is 17.2. The summed E-state index contributed by atoms with van der Waals surface area (Å²) in [5.41, 5.74) is 9.25. The molecular weight excluding hydrogens is 784 g/mol. The molecule has 4 aromatic rings. The molecule has 0 spiro atoms. The number of imide groups is 1. The van der Waals surface area contributed by atoms with Gasteiger partial charge in [0.1, 0.15) is 5.82 Å². The summed E-state index contributed by atoms with van der Waals surface area (Å²) < 4.78 is 17.6. The number of carbonyl (C=O) groups excluding carboxylic acids is 4. The number of nitrogens with zero attached hydrogens (tertiary/aromatic N) is 11. The number of piperidine rings is 2. The number of amides is 5. The minimum atomic E-state index is -0.796. The summed E-state index contributed by atoms with van der Waals surface area (Å²) in [5.74, 6) is -0.937. The van der Waals surface area contributed by atoms with E-state index in [0.717, 1.165) is 80.8 Å². The molecule has 0 bridgehead atoms. The van der Waals surface area contributed by atoms with Crippen LogP contribution in [-0.4, -0.2) is 149 Å². The highest BCUT2D eigenvalue weighted by Crippen LogP contribution is 2.34. The van der Waals surface area contributed by atoms with Crippen LogP contribution in [0.15, 0.2) is 36.4 Å². The van der Waals surface area contributed by atoms with Gasteiger partial charge >= 0.3 is 6.03 Å². The van der Waals surface area contributed by atoms with E-state index in [2.05, 4.69) is 58.7 Å². The lowest BCUT2D eigenvalue weighted by atomic mass is 9.93. The van der Waals surface area contributed by atoms with Crippen molar-refractivity contribution in [2.75, 3.05) is 106 Å². The summed E-state index contributed by atoms with van der Waals surface area (Å²) in [5, 5.41) is 19.5. The van der Waals surface area contributed by atoms with E-state index >= 15 is 4.39 Å². The molecule has 7 heterocycles. The Morgan fingerprint density at radius 1 is 0.869 bits per heavy atom. The molecule has 5 fully saturated rings. The third kappa shape index (κ3) is 8.34. The summed E-state index contributed by atoms with van der Waals surface area (Å²) in [6, 6.07) is 11.3. The molecule has 5 saturated heterocycles. The maximum Gasteiger partial charge on any atom is 0.319 e. The molecule has 3 atom stereocenters. The topological polar surface area (TPSA) is 194 Å². The van der Waals surface area contributed by atoms with Crippen LogP contribution in [0.3, 0.4) is 0 Å². The van der Waals surface area contributed by atoms with E-state index in [9.17, 15) is 19.2 Å². The van der Waals surface area contributed by atoms with E-state index in [4.69, 9.17) is 10.8 Å². The molecule has 5 amide bonds. The van der Waals surface area contributed by atoms with Gasteiger partial charge in [-0.2, -0.15) is 10.1 Å². The van der Waals surface area contributed by atoms with Crippen LogP contribution in [0.4, 0.5) is 38.0 Å². The Morgan fingerprint density at radius 2 is 1.67 bits per heavy atom. The summed E-state index contributed by atoms with van der Waals surface area (Å²) >= 11 is 0. The Kier molecular flexibility index (Phi) is 11.1. The van der Waals surface area contributed by atoms with Crippen LogP contribution < -0.4 is 31.1 Å². The van der Waals surface area contributed by atoms with Gasteiger partial charge in [0.25, 0.3) is 5.91 Å². The number of likely N-dealkylation sites (N-methyl/N-ethyl adjacent to an activating group) is 1. The lowest BCUT2D eigenvalue weighted by Gasteiger charge is -2.37. The predicted octanol–water partition coefficient (Wildman–Crippen LogP) is 2.49. The van der Waals surface area contributed by atoms with Gasteiger partial charge in [0.2, 0.25) is 17.8 Å². The molecule has 5 aliphatic rings. The lowest BCUT2D eigenvalue weighted by molar-refractivity contribution is -0.134. The minimum Gasteiger partial charge on any atom is -0.371 e. The number of fused-ring (bicyclic) bond motifs is 1. The maximum atomic E-state index is 15.8. The van der Waals surface area contributed by atoms with Crippen LogP contribution >= 0.6 is 0 Å². The number of aryl methyl sites for hydroxylation is 1. The van der Waals surface area contributed by atoms with Crippen molar-refractivity contribution in [1.82, 2.24) is 45.0 Å². The molecule has 18 nitrogen and oxygen atoms in total. The first kappa shape index (κ1) is 40.3. The van der Waals surface area contributed by atoms with Gasteiger partial charge < -0.3 is 35.6 Å². The molecule has 61 heavy (non-hydrogen) atoms. The number of benzene rings is 2. The fourth-order valence-corrected chi connectivity index (χ4v) is 9.70. The Bertz CT molecular complexity index is 2350. The summed E-state index contributed by atoms with van der Waals surface area (Å²) in [6.45, 7) is 9.31. The number of halogens is 1. The third-order valence-electron chi connectivity index (χ3n) is 13.0. The molecule has 0 saturated carbocycles. The fraction of sp³-hybridized carbons (Fsp3) is 0.524. The van der Waals surface area contributed by atoms with Crippen LogP contribution in [0.25, 0.3) is 10.9 Å². The summed E-state index contributed by atoms with van der Waals surface area (Å²) in [4.78, 5) is 66.3. The van der Waals surface area contributed by atoms with Gasteiger partial charge in [-0.3, -0.25) is 29.3 Å². The van der Waals surface area contributed by atoms with Crippen molar-refractivity contribution >= 4 is 63.5 Å². The number of hydrogen-bond donors (Lipinski definition) is 3. The average Bonchev–Trinajstić information content (AvgIpc) is 3.94. The zero-order chi connectivity index (χ0) is 42.4. The van der Waals surface area contributed by atoms with Crippen LogP contribution in [0.1, 0.15) is 54.2 Å². The van der Waals surface area contributed by atoms with E-state index in [1.807, 2.05) is 28.6 Å². The lowest BCUT2D eigenvalue weighted by Crippen LogP contribution is -2.48. The standard InChI is InChI=1S/C42H53FN14O4/c1-51-14-17-57(42(51)61)25-26-4-3-12-56(24-26)41-47-39(37(38(44)59)48-49-41)45-28-5-9-33(32(43)20-28)54-18-15-53(16-19-54)22-27-11-13-55(23-27)29-6-7-30-34(21-29)52(2)50-36(30)31-8-10-35(58)46-40(31)60/h5-7,9,20-21,26-27,31H,3-4,8,10-19,22-25H2,1-2H3,(H2,44,59)(H,45,47,49)(H,46,58,60). The number of rotatable bonds is 11. The van der Waals surface area contributed by atoms with Gasteiger partial charge in [0.15, 0.2) is 11.5 Å². The number of nitrogens with one attached hydrogen (secondary N) is 2. The van der Waals surface area contributed by atoms with Crippen LogP contribution in [-0.2, 0) is 16.6 Å². The number of primary amides is 1. The molecule has 2 aromatic heterocycles. The minimum absolute atomic E-state index is 0.0454. The molecule has 4 N–H and O–H groups in total. The van der Waals surface area contributed by atoms with Crippen molar-refractivity contribution in [2.45, 2.75) is 38.0 Å². The Labute approximate surface area is 353 Å². The summed E-state index contributed by atoms with van der Waals surface area (Å²) in [7, 11) is 3.71. The second-order valence-corrected chi connectivity index (χ2v) is 17.2. The van der Waals surface area contributed by atoms with Gasteiger partial charge in [-0.1, -0.05) is 0 Å². The first-order valence-corrected chi connectivity index (χ1v) is 21.4. The molecule has 2 aromatic carbocycles. The van der Waals surface area contributed by atoms with Crippen molar-refractivity contribution in [3.63, 3.8) is 0 Å². The number of urea groups is 1. The predicted molar refractivity (Wildman–Crippen MR) is 227 cm³/mol. The Morgan fingerprint density at radius 3 is 2.43 bits per heavy atom. The Balaban J connectivity index is 0.786. The van der Waals surface area contributed by atoms with E-state index in [1.165, 1.54) is 6.07 Å².